The van der Waals surface area contributed by atoms with E-state index in [2.05, 4.69) is 4.72 Å². The zero-order valence-corrected chi connectivity index (χ0v) is 18.4. The molecule has 0 spiro atoms. The molecule has 1 N–H and O–H groups in total. The van der Waals surface area contributed by atoms with Gasteiger partial charge in [0.2, 0.25) is 0 Å². The molecule has 0 fully saturated rings. The van der Waals surface area contributed by atoms with E-state index in [-0.39, 0.29) is 16.7 Å². The molecule has 3 aromatic rings. The zero-order valence-electron chi connectivity index (χ0n) is 15.9. The summed E-state index contributed by atoms with van der Waals surface area (Å²) in [6, 6.07) is 11.3. The monoisotopic (exact) mass is 470 g/mol. The van der Waals surface area contributed by atoms with E-state index < -0.39 is 11.1 Å². The minimum absolute atomic E-state index is 0.0980. The Labute approximate surface area is 184 Å². The normalized spacial score (nSPS) is 11.5. The third-order valence-corrected chi connectivity index (χ3v) is 6.82. The van der Waals surface area contributed by atoms with Crippen LogP contribution in [0.4, 0.5) is 18.9 Å². The van der Waals surface area contributed by atoms with Crippen molar-refractivity contribution < 1.29 is 22.8 Å². The molecule has 3 rings (SSSR count). The van der Waals surface area contributed by atoms with Crippen molar-refractivity contribution in [2.75, 3.05) is 10.5 Å². The number of hydrogen-bond donors (Lipinski definition) is 1. The second-order valence-corrected chi connectivity index (χ2v) is 9.43. The number of benzene rings is 1. The van der Waals surface area contributed by atoms with Crippen LogP contribution in [0, 0.1) is 0 Å². The molecule has 0 aliphatic rings. The first-order valence-corrected chi connectivity index (χ1v) is 11.3. The molecule has 30 heavy (non-hydrogen) atoms. The van der Waals surface area contributed by atoms with Gasteiger partial charge in [-0.2, -0.15) is 13.2 Å². The number of thiophene rings is 1. The lowest BCUT2D eigenvalue weighted by atomic mass is 10.1. The Kier molecular flexibility index (Phi) is 6.99. The van der Waals surface area contributed by atoms with E-state index in [0.717, 1.165) is 28.4 Å². The number of aryl methyl sites for hydroxylation is 1. The third-order valence-electron chi connectivity index (χ3n) is 4.01. The Morgan fingerprint density at radius 3 is 2.43 bits per heavy atom. The number of carbonyl (C=O) groups is 2. The minimum Gasteiger partial charge on any atom is -0.348 e. The first-order valence-electron chi connectivity index (χ1n) is 8.67. The van der Waals surface area contributed by atoms with E-state index >= 15 is 0 Å². The molecule has 0 unspecified atom stereocenters. The van der Waals surface area contributed by atoms with Crippen molar-refractivity contribution in [1.82, 2.24) is 4.57 Å². The van der Waals surface area contributed by atoms with Gasteiger partial charge >= 0.3 is 6.18 Å². The molecule has 0 amide bonds. The molecule has 0 bridgehead atoms. The Morgan fingerprint density at radius 2 is 1.83 bits per heavy atom. The number of carbonyl (C=O) groups excluding carboxylic acids is 2. The fourth-order valence-electron chi connectivity index (χ4n) is 2.57. The van der Waals surface area contributed by atoms with Crippen LogP contribution in [-0.4, -0.2) is 21.2 Å². The van der Waals surface area contributed by atoms with Crippen LogP contribution in [-0.2, 0) is 18.0 Å². The Bertz CT molecular complexity index is 1060. The maximum absolute atomic E-state index is 12.8. The Morgan fingerprint density at radius 1 is 1.13 bits per heavy atom. The highest BCUT2D eigenvalue weighted by Gasteiger charge is 2.32. The Balaban J connectivity index is 1.63. The number of Topliss-reactive ketones (excluding diaryl/α,β-unsaturated/α-hetero) is 1. The number of nitrogens with one attached hydrogen (secondary N) is 1. The van der Waals surface area contributed by atoms with Crippen molar-refractivity contribution in [2.24, 2.45) is 7.05 Å². The van der Waals surface area contributed by atoms with E-state index in [4.69, 9.17) is 0 Å². The largest absolute Gasteiger partial charge is 0.425 e. The van der Waals surface area contributed by atoms with Crippen molar-refractivity contribution in [3.05, 3.63) is 59.1 Å². The summed E-state index contributed by atoms with van der Waals surface area (Å²) in [4.78, 5) is 23.8. The molecule has 0 aliphatic carbocycles. The van der Waals surface area contributed by atoms with Gasteiger partial charge in [-0.25, -0.2) is 0 Å². The molecule has 0 saturated carbocycles. The van der Waals surface area contributed by atoms with Crippen LogP contribution in [0.3, 0.4) is 0 Å². The van der Waals surface area contributed by atoms with Crippen LogP contribution in [0.2, 0.25) is 0 Å². The summed E-state index contributed by atoms with van der Waals surface area (Å²) in [6.45, 7) is 1.42. The van der Waals surface area contributed by atoms with E-state index in [1.54, 1.807) is 48.1 Å². The second kappa shape index (κ2) is 9.32. The molecule has 0 saturated heterocycles. The van der Waals surface area contributed by atoms with Gasteiger partial charge in [0.1, 0.15) is 4.88 Å². The van der Waals surface area contributed by atoms with Crippen molar-refractivity contribution in [3.8, 4) is 10.6 Å². The highest BCUT2D eigenvalue weighted by molar-refractivity contribution is 8.14. The SMILES string of the molecule is CC(=O)SCC(=O)c1ccc(SNc2cc(-c3ccc(C(F)(F)F)s3)n(C)c2)cc1. The lowest BCUT2D eigenvalue weighted by Gasteiger charge is -2.04. The number of alkyl halides is 3. The lowest BCUT2D eigenvalue weighted by molar-refractivity contribution is -0.134. The first kappa shape index (κ1) is 22.5. The second-order valence-electron chi connectivity index (χ2n) is 6.32. The third kappa shape index (κ3) is 5.71. The van der Waals surface area contributed by atoms with Gasteiger partial charge in [-0.1, -0.05) is 23.9 Å². The average Bonchev–Trinajstić information content (AvgIpc) is 3.31. The van der Waals surface area contributed by atoms with E-state index in [9.17, 15) is 22.8 Å². The average molecular weight is 471 g/mol. The topological polar surface area (TPSA) is 51.1 Å². The molecule has 0 atom stereocenters. The van der Waals surface area contributed by atoms with Gasteiger partial charge in [0.15, 0.2) is 10.9 Å². The maximum atomic E-state index is 12.8. The number of nitrogens with zero attached hydrogens (tertiary/aromatic N) is 1. The molecule has 2 heterocycles. The summed E-state index contributed by atoms with van der Waals surface area (Å²) in [5, 5.41) is -0.0980. The fourth-order valence-corrected chi connectivity index (χ4v) is 4.62. The summed E-state index contributed by atoms with van der Waals surface area (Å²) in [7, 11) is 1.78. The number of hydrogen-bond acceptors (Lipinski definition) is 6. The number of halogens is 3. The number of ketones is 1. The molecule has 1 aromatic carbocycles. The van der Waals surface area contributed by atoms with Crippen molar-refractivity contribution in [2.45, 2.75) is 18.0 Å². The number of aromatic nitrogens is 1. The molecule has 158 valence electrons. The summed E-state index contributed by atoms with van der Waals surface area (Å²) in [6.07, 6.45) is -2.55. The highest BCUT2D eigenvalue weighted by atomic mass is 32.2. The van der Waals surface area contributed by atoms with Crippen molar-refractivity contribution in [3.63, 3.8) is 0 Å². The Hall–Kier alpha value is -2.17. The minimum atomic E-state index is -4.34. The number of rotatable bonds is 7. The smallest absolute Gasteiger partial charge is 0.348 e. The first-order chi connectivity index (χ1) is 14.1. The van der Waals surface area contributed by atoms with Crippen LogP contribution in [0.5, 0.6) is 0 Å². The molecule has 10 heteroatoms. The van der Waals surface area contributed by atoms with Crippen LogP contribution in [0.25, 0.3) is 10.6 Å². The summed E-state index contributed by atoms with van der Waals surface area (Å²) < 4.78 is 43.4. The van der Waals surface area contributed by atoms with E-state index in [1.807, 2.05) is 0 Å². The summed E-state index contributed by atoms with van der Waals surface area (Å²) in [5.74, 6) is 0.00706. The van der Waals surface area contributed by atoms with Gasteiger partial charge in [-0.15, -0.1) is 11.3 Å². The molecular formula is C20H17F3N2O2S3. The van der Waals surface area contributed by atoms with Gasteiger partial charge in [-0.05, 0) is 42.3 Å². The number of thioether (sulfide) groups is 1. The number of anilines is 1. The van der Waals surface area contributed by atoms with Gasteiger partial charge in [0.05, 0.1) is 22.0 Å². The van der Waals surface area contributed by atoms with E-state index in [1.165, 1.54) is 24.9 Å². The highest BCUT2D eigenvalue weighted by Crippen LogP contribution is 2.39. The van der Waals surface area contributed by atoms with Crippen LogP contribution in [0.1, 0.15) is 22.2 Å². The van der Waals surface area contributed by atoms with E-state index in [0.29, 0.717) is 27.5 Å². The standard InChI is InChI=1S/C20H17F3N2O2S3/c1-12(26)28-11-17(27)13-3-5-15(6-4-13)30-24-14-9-16(25(2)10-14)18-7-8-19(29-18)20(21,22)23/h3-10,24H,11H2,1-2H3. The van der Waals surface area contributed by atoms with Gasteiger partial charge in [-0.3, -0.25) is 9.59 Å². The van der Waals surface area contributed by atoms with Crippen LogP contribution in [0.15, 0.2) is 53.6 Å². The van der Waals surface area contributed by atoms with Gasteiger partial charge in [0, 0.05) is 30.6 Å². The molecule has 0 aliphatic heterocycles. The van der Waals surface area contributed by atoms with Gasteiger partial charge < -0.3 is 9.29 Å². The molecule has 2 aromatic heterocycles. The fraction of sp³-hybridized carbons (Fsp3) is 0.200. The lowest BCUT2D eigenvalue weighted by Crippen LogP contribution is -2.03. The predicted molar refractivity (Wildman–Crippen MR) is 117 cm³/mol. The quantitative estimate of drug-likeness (QED) is 0.322. The maximum Gasteiger partial charge on any atom is 0.425 e. The zero-order chi connectivity index (χ0) is 21.9. The predicted octanol–water partition coefficient (Wildman–Crippen LogP) is 6.35. The molecule has 0 radical (unpaired) electrons. The summed E-state index contributed by atoms with van der Waals surface area (Å²) in [5.41, 5.74) is 1.97. The van der Waals surface area contributed by atoms with Crippen LogP contribution < -0.4 is 4.72 Å². The van der Waals surface area contributed by atoms with Gasteiger partial charge in [0.25, 0.3) is 0 Å². The molecular weight excluding hydrogens is 453 g/mol. The molecule has 4 nitrogen and oxygen atoms in total. The summed E-state index contributed by atoms with van der Waals surface area (Å²) >= 11 is 3.02. The van der Waals surface area contributed by atoms with Crippen molar-refractivity contribution in [1.29, 1.82) is 0 Å². The van der Waals surface area contributed by atoms with Crippen molar-refractivity contribution >= 4 is 51.6 Å². The van der Waals surface area contributed by atoms with Crippen LogP contribution >= 0.6 is 35.0 Å².